The van der Waals surface area contributed by atoms with Gasteiger partial charge in [-0.3, -0.25) is 14.5 Å². The van der Waals surface area contributed by atoms with E-state index < -0.39 is 5.91 Å². The van der Waals surface area contributed by atoms with Crippen molar-refractivity contribution in [2.45, 2.75) is 28.7 Å². The molecule has 2 amide bonds. The average molecular weight is 539 g/mol. The highest BCUT2D eigenvalue weighted by molar-refractivity contribution is 7.99. The summed E-state index contributed by atoms with van der Waals surface area (Å²) < 4.78 is 0. The van der Waals surface area contributed by atoms with Crippen LogP contribution in [0.1, 0.15) is 24.4 Å². The van der Waals surface area contributed by atoms with Crippen molar-refractivity contribution in [1.82, 2.24) is 5.01 Å². The standard InChI is InChI=1S/C30H23ClN4O2S/c31-21-12-4-5-13-22(21)32-29(36)19-30(37)35-25(20-10-2-1-3-11-20)18-28(33-35)34-23-14-6-8-16-26(23)38-27-17-9-7-15-24(27)34/h1-17,25H,18-19H2,(H,32,36). The summed E-state index contributed by atoms with van der Waals surface area (Å²) in [7, 11) is 0. The number of nitrogens with zero attached hydrogens (tertiary/aromatic N) is 3. The molecule has 0 saturated heterocycles. The van der Waals surface area contributed by atoms with Gasteiger partial charge in [-0.2, -0.15) is 5.10 Å². The van der Waals surface area contributed by atoms with Gasteiger partial charge in [-0.25, -0.2) is 5.01 Å². The van der Waals surface area contributed by atoms with Gasteiger partial charge in [-0.05, 0) is 42.0 Å². The number of hydrogen-bond acceptors (Lipinski definition) is 5. The van der Waals surface area contributed by atoms with Gasteiger partial charge >= 0.3 is 0 Å². The molecule has 2 heterocycles. The maximum absolute atomic E-state index is 13.5. The number of benzene rings is 4. The zero-order valence-electron chi connectivity index (χ0n) is 20.3. The molecule has 6 nitrogen and oxygen atoms in total. The zero-order chi connectivity index (χ0) is 26.1. The third kappa shape index (κ3) is 4.66. The third-order valence-electron chi connectivity index (χ3n) is 6.48. The quantitative estimate of drug-likeness (QED) is 0.278. The molecule has 0 aliphatic carbocycles. The number of carbonyl (C=O) groups excluding carboxylic acids is 2. The topological polar surface area (TPSA) is 65.0 Å². The number of fused-ring (bicyclic) bond motifs is 2. The molecule has 4 aromatic carbocycles. The highest BCUT2D eigenvalue weighted by Gasteiger charge is 2.38. The predicted octanol–water partition coefficient (Wildman–Crippen LogP) is 7.26. The van der Waals surface area contributed by atoms with Crippen LogP contribution in [0.5, 0.6) is 0 Å². The van der Waals surface area contributed by atoms with Crippen molar-refractivity contribution in [3.8, 4) is 0 Å². The van der Waals surface area contributed by atoms with Gasteiger partial charge in [0.15, 0.2) is 0 Å². The van der Waals surface area contributed by atoms with Gasteiger partial charge in [0, 0.05) is 16.2 Å². The van der Waals surface area contributed by atoms with Crippen molar-refractivity contribution >= 4 is 58.1 Å². The van der Waals surface area contributed by atoms with Crippen LogP contribution in [0.2, 0.25) is 5.02 Å². The van der Waals surface area contributed by atoms with E-state index in [0.29, 0.717) is 17.1 Å². The number of para-hydroxylation sites is 3. The van der Waals surface area contributed by atoms with Crippen molar-refractivity contribution in [3.05, 3.63) is 114 Å². The smallest absolute Gasteiger partial charge is 0.252 e. The fraction of sp³-hybridized carbons (Fsp3) is 0.100. The number of hydrogen-bond donors (Lipinski definition) is 1. The molecular formula is C30H23ClN4O2S. The lowest BCUT2D eigenvalue weighted by atomic mass is 10.0. The van der Waals surface area contributed by atoms with Crippen LogP contribution in [-0.4, -0.2) is 22.7 Å². The summed E-state index contributed by atoms with van der Waals surface area (Å²) in [5, 5.41) is 9.47. The number of halogens is 1. The van der Waals surface area contributed by atoms with Gasteiger partial charge in [-0.15, -0.1) is 0 Å². The van der Waals surface area contributed by atoms with Crippen LogP contribution in [0.4, 0.5) is 17.1 Å². The van der Waals surface area contributed by atoms with Gasteiger partial charge in [0.1, 0.15) is 12.3 Å². The second-order valence-electron chi connectivity index (χ2n) is 8.96. The fourth-order valence-electron chi connectivity index (χ4n) is 4.75. The minimum absolute atomic E-state index is 0.333. The monoisotopic (exact) mass is 538 g/mol. The van der Waals surface area contributed by atoms with Crippen molar-refractivity contribution in [1.29, 1.82) is 0 Å². The van der Waals surface area contributed by atoms with E-state index in [1.807, 2.05) is 54.6 Å². The van der Waals surface area contributed by atoms with Crippen molar-refractivity contribution in [2.24, 2.45) is 5.10 Å². The average Bonchev–Trinajstić information content (AvgIpc) is 3.39. The van der Waals surface area contributed by atoms with Crippen molar-refractivity contribution in [2.75, 3.05) is 10.2 Å². The molecule has 2 aliphatic heterocycles. The van der Waals surface area contributed by atoms with E-state index in [0.717, 1.165) is 32.6 Å². The largest absolute Gasteiger partial charge is 0.324 e. The van der Waals surface area contributed by atoms with Gasteiger partial charge < -0.3 is 5.32 Å². The lowest BCUT2D eigenvalue weighted by Crippen LogP contribution is -2.30. The Hall–Kier alpha value is -4.07. The van der Waals surface area contributed by atoms with Crippen molar-refractivity contribution in [3.63, 3.8) is 0 Å². The second kappa shape index (κ2) is 10.4. The van der Waals surface area contributed by atoms with E-state index in [2.05, 4.69) is 34.5 Å². The van der Waals surface area contributed by atoms with Crippen LogP contribution in [0.3, 0.4) is 0 Å². The number of amides is 2. The summed E-state index contributed by atoms with van der Waals surface area (Å²) in [6.45, 7) is 0. The fourth-order valence-corrected chi connectivity index (χ4v) is 5.99. The van der Waals surface area contributed by atoms with Gasteiger partial charge in [0.25, 0.3) is 5.91 Å². The first-order chi connectivity index (χ1) is 18.6. The SMILES string of the molecule is O=C(CC(=O)N1N=C(N2c3ccccc3Sc3ccccc32)CC1c1ccccc1)Nc1ccccc1Cl. The first kappa shape index (κ1) is 24.3. The molecule has 0 radical (unpaired) electrons. The predicted molar refractivity (Wildman–Crippen MR) is 152 cm³/mol. The van der Waals surface area contributed by atoms with E-state index in [9.17, 15) is 9.59 Å². The lowest BCUT2D eigenvalue weighted by Gasteiger charge is -2.32. The Bertz CT molecular complexity index is 1510. The first-order valence-corrected chi connectivity index (χ1v) is 13.4. The van der Waals surface area contributed by atoms with Crippen molar-refractivity contribution < 1.29 is 9.59 Å². The van der Waals surface area contributed by atoms with E-state index in [1.165, 1.54) is 5.01 Å². The van der Waals surface area contributed by atoms with E-state index in [-0.39, 0.29) is 18.4 Å². The zero-order valence-corrected chi connectivity index (χ0v) is 21.8. The summed E-state index contributed by atoms with van der Waals surface area (Å²) in [5.41, 5.74) is 3.47. The van der Waals surface area contributed by atoms with E-state index in [1.54, 1.807) is 36.0 Å². The maximum atomic E-state index is 13.5. The van der Waals surface area contributed by atoms with Crippen LogP contribution < -0.4 is 10.2 Å². The molecule has 0 bridgehead atoms. The first-order valence-electron chi connectivity index (χ1n) is 12.2. The van der Waals surface area contributed by atoms with E-state index >= 15 is 0 Å². The van der Waals surface area contributed by atoms with E-state index in [4.69, 9.17) is 16.7 Å². The number of amidine groups is 1. The minimum atomic E-state index is -0.441. The summed E-state index contributed by atoms with van der Waals surface area (Å²) in [5.74, 6) is -0.0751. The number of nitrogens with one attached hydrogen (secondary N) is 1. The summed E-state index contributed by atoms with van der Waals surface area (Å²) in [6, 6.07) is 32.8. The van der Waals surface area contributed by atoms with Gasteiger partial charge in [-0.1, -0.05) is 90.1 Å². The Morgan fingerprint density at radius 1 is 0.842 bits per heavy atom. The van der Waals surface area contributed by atoms with Crippen LogP contribution >= 0.6 is 23.4 Å². The molecule has 2 aliphatic rings. The van der Waals surface area contributed by atoms with Gasteiger partial charge in [0.05, 0.1) is 28.1 Å². The number of hydrazone groups is 1. The molecule has 0 aromatic heterocycles. The van der Waals surface area contributed by atoms with Crippen LogP contribution in [-0.2, 0) is 9.59 Å². The molecule has 8 heteroatoms. The highest BCUT2D eigenvalue weighted by Crippen LogP contribution is 2.49. The highest BCUT2D eigenvalue weighted by atomic mass is 35.5. The molecule has 0 spiro atoms. The van der Waals surface area contributed by atoms with Gasteiger partial charge in [0.2, 0.25) is 5.91 Å². The normalized spacial score (nSPS) is 15.9. The summed E-state index contributed by atoms with van der Waals surface area (Å²) >= 11 is 7.90. The third-order valence-corrected chi connectivity index (χ3v) is 7.94. The Morgan fingerprint density at radius 2 is 1.45 bits per heavy atom. The minimum Gasteiger partial charge on any atom is -0.324 e. The second-order valence-corrected chi connectivity index (χ2v) is 10.5. The Balaban J connectivity index is 1.34. The molecule has 0 fully saturated rings. The van der Waals surface area contributed by atoms with Crippen LogP contribution in [0, 0.1) is 0 Å². The summed E-state index contributed by atoms with van der Waals surface area (Å²) in [4.78, 5) is 30.7. The molecule has 188 valence electrons. The Kier molecular flexibility index (Phi) is 6.62. The Labute approximate surface area is 229 Å². The molecular weight excluding hydrogens is 516 g/mol. The molecule has 1 unspecified atom stereocenters. The van der Waals surface area contributed by atoms with Crippen LogP contribution in [0.15, 0.2) is 118 Å². The Morgan fingerprint density at radius 3 is 2.13 bits per heavy atom. The maximum Gasteiger partial charge on any atom is 0.252 e. The number of carbonyl (C=O) groups is 2. The molecule has 38 heavy (non-hydrogen) atoms. The molecule has 1 N–H and O–H groups in total. The molecule has 4 aromatic rings. The number of rotatable bonds is 4. The number of anilines is 3. The lowest BCUT2D eigenvalue weighted by molar-refractivity contribution is -0.136. The molecule has 0 saturated carbocycles. The molecule has 6 rings (SSSR count). The molecule has 1 atom stereocenters. The summed E-state index contributed by atoms with van der Waals surface area (Å²) in [6.07, 6.45) is 0.156. The van der Waals surface area contributed by atoms with Crippen LogP contribution in [0.25, 0.3) is 0 Å².